The van der Waals surface area contributed by atoms with Crippen molar-refractivity contribution in [3.05, 3.63) is 85.1 Å². The fourth-order valence-electron chi connectivity index (χ4n) is 10.5. The Bertz CT molecular complexity index is 2190. The molecule has 0 aromatic rings. The number of esters is 4. The molecule has 0 saturated carbocycles. The molecule has 568 valence electrons. The number of phosphoric ester groups is 2. The van der Waals surface area contributed by atoms with Gasteiger partial charge in [0.25, 0.3) is 0 Å². The van der Waals surface area contributed by atoms with Gasteiger partial charge in [-0.2, -0.15) is 0 Å². The summed E-state index contributed by atoms with van der Waals surface area (Å²) in [5, 5.41) is 10.6. The average Bonchev–Trinajstić information content (AvgIpc) is 0.979. The Balaban J connectivity index is 5.31. The standard InChI is InChI=1S/C79H140O17P2/c1-5-9-13-17-21-25-29-31-33-35-36-38-39-41-45-48-52-56-60-64-77(82)90-70-75(96-79(84)66-62-58-54-50-46-42-40-37-34-32-30-26-22-18-14-10-6-2)72-94-98(87,88)92-68-73(80)67-91-97(85,86)93-71-74(95-78(83)65-61-57-53-49-44-28-24-20-16-12-8-4)69-89-76(81)63-59-55-51-47-43-27-23-19-15-11-7-3/h9-10,13-14,21-22,25-26,31-34,36,38,73-75,80H,5-8,11-12,15-20,23-24,27-30,35,37,39-72H2,1-4H3,(H,85,86)(H,87,88)/b13-9-,14-10-,25-21-,26-22-,33-31-,34-32-,38-36-. The third-order valence-corrected chi connectivity index (χ3v) is 18.3. The fourth-order valence-corrected chi connectivity index (χ4v) is 12.1. The SMILES string of the molecule is CC/C=C\C/C=C\C/C=C\C/C=C\CCCCCCCCC(=O)OCC(COP(=O)(O)OCC(O)COP(=O)(O)OCC(COC(=O)CCCCCCCCCCCCC)OC(=O)CCCCCCCCCCCCC)OC(=O)CCCCCCCCC/C=C\C/C=C\C/C=C\CC. The molecular weight excluding hydrogens is 1280 g/mol. The van der Waals surface area contributed by atoms with Crippen LogP contribution in [0.4, 0.5) is 0 Å². The van der Waals surface area contributed by atoms with Crippen LogP contribution in [0.1, 0.15) is 336 Å². The summed E-state index contributed by atoms with van der Waals surface area (Å²) < 4.78 is 68.5. The van der Waals surface area contributed by atoms with Gasteiger partial charge in [-0.05, 0) is 96.3 Å². The Labute approximate surface area is 595 Å². The average molecular weight is 1420 g/mol. The van der Waals surface area contributed by atoms with E-state index < -0.39 is 97.5 Å². The van der Waals surface area contributed by atoms with Crippen LogP contribution in [0.2, 0.25) is 0 Å². The molecule has 19 heteroatoms. The number of aliphatic hydroxyl groups is 1. The Morgan fingerprint density at radius 2 is 0.531 bits per heavy atom. The van der Waals surface area contributed by atoms with Crippen LogP contribution in [0.3, 0.4) is 0 Å². The van der Waals surface area contributed by atoms with Gasteiger partial charge in [0, 0.05) is 25.7 Å². The summed E-state index contributed by atoms with van der Waals surface area (Å²) in [7, 11) is -9.94. The molecule has 0 bridgehead atoms. The maximum atomic E-state index is 13.1. The number of carbonyl (C=O) groups excluding carboxylic acids is 4. The molecule has 0 amide bonds. The topological polar surface area (TPSA) is 237 Å². The first-order chi connectivity index (χ1) is 47.7. The Kier molecular flexibility index (Phi) is 68.9. The largest absolute Gasteiger partial charge is 0.472 e. The molecule has 0 spiro atoms. The van der Waals surface area contributed by atoms with Crippen molar-refractivity contribution >= 4 is 39.5 Å². The van der Waals surface area contributed by atoms with E-state index >= 15 is 0 Å². The second-order valence-electron chi connectivity index (χ2n) is 25.9. The van der Waals surface area contributed by atoms with Crippen LogP contribution in [-0.2, 0) is 65.4 Å². The maximum absolute atomic E-state index is 13.1. The fraction of sp³-hybridized carbons (Fsp3) is 0.772. The van der Waals surface area contributed by atoms with Crippen LogP contribution in [0.25, 0.3) is 0 Å². The third kappa shape index (κ3) is 70.7. The van der Waals surface area contributed by atoms with Crippen LogP contribution in [-0.4, -0.2) is 96.7 Å². The summed E-state index contributed by atoms with van der Waals surface area (Å²) in [6, 6.07) is 0. The number of rotatable bonds is 73. The van der Waals surface area contributed by atoms with Gasteiger partial charge in [0.15, 0.2) is 12.2 Å². The van der Waals surface area contributed by atoms with Crippen molar-refractivity contribution in [2.45, 2.75) is 354 Å². The van der Waals surface area contributed by atoms with E-state index in [1.807, 2.05) is 0 Å². The van der Waals surface area contributed by atoms with Crippen molar-refractivity contribution in [2.75, 3.05) is 39.6 Å². The lowest BCUT2D eigenvalue weighted by atomic mass is 10.1. The van der Waals surface area contributed by atoms with Crippen molar-refractivity contribution in [3.63, 3.8) is 0 Å². The Morgan fingerprint density at radius 3 is 0.816 bits per heavy atom. The molecule has 0 saturated heterocycles. The second-order valence-corrected chi connectivity index (χ2v) is 28.8. The number of allylic oxidation sites excluding steroid dienone is 14. The van der Waals surface area contributed by atoms with Crippen LogP contribution < -0.4 is 0 Å². The summed E-state index contributed by atoms with van der Waals surface area (Å²) >= 11 is 0. The molecule has 5 atom stereocenters. The van der Waals surface area contributed by atoms with Gasteiger partial charge in [0.05, 0.1) is 26.4 Å². The van der Waals surface area contributed by atoms with E-state index in [1.54, 1.807) is 0 Å². The normalized spacial score (nSPS) is 14.4. The summed E-state index contributed by atoms with van der Waals surface area (Å²) in [6.45, 7) is 4.65. The van der Waals surface area contributed by atoms with Crippen molar-refractivity contribution in [2.24, 2.45) is 0 Å². The third-order valence-electron chi connectivity index (χ3n) is 16.4. The molecule has 3 N–H and O–H groups in total. The van der Waals surface area contributed by atoms with Gasteiger partial charge in [-0.3, -0.25) is 37.3 Å². The first-order valence-electron chi connectivity index (χ1n) is 38.8. The molecule has 0 heterocycles. The van der Waals surface area contributed by atoms with E-state index in [-0.39, 0.29) is 25.7 Å². The van der Waals surface area contributed by atoms with Gasteiger partial charge in [-0.1, -0.05) is 299 Å². The number of hydrogen-bond acceptors (Lipinski definition) is 15. The Morgan fingerprint density at radius 1 is 0.296 bits per heavy atom. The molecule has 0 aliphatic rings. The van der Waals surface area contributed by atoms with Gasteiger partial charge >= 0.3 is 39.5 Å². The lowest BCUT2D eigenvalue weighted by Gasteiger charge is -2.21. The van der Waals surface area contributed by atoms with E-state index in [0.717, 1.165) is 173 Å². The van der Waals surface area contributed by atoms with Crippen LogP contribution in [0.15, 0.2) is 85.1 Å². The van der Waals surface area contributed by atoms with E-state index in [2.05, 4.69) is 113 Å². The number of hydrogen-bond donors (Lipinski definition) is 3. The molecule has 0 rings (SSSR count). The van der Waals surface area contributed by atoms with E-state index in [4.69, 9.17) is 37.0 Å². The van der Waals surface area contributed by atoms with Gasteiger partial charge in [0.2, 0.25) is 0 Å². The molecule has 0 radical (unpaired) electrons. The second kappa shape index (κ2) is 71.6. The van der Waals surface area contributed by atoms with Crippen molar-refractivity contribution in [3.8, 4) is 0 Å². The lowest BCUT2D eigenvalue weighted by Crippen LogP contribution is -2.30. The lowest BCUT2D eigenvalue weighted by molar-refractivity contribution is -0.161. The van der Waals surface area contributed by atoms with Gasteiger partial charge in [-0.15, -0.1) is 0 Å². The molecule has 0 fully saturated rings. The Hall–Kier alpha value is -3.76. The van der Waals surface area contributed by atoms with E-state index in [1.165, 1.54) is 83.5 Å². The van der Waals surface area contributed by atoms with Crippen molar-refractivity contribution in [1.29, 1.82) is 0 Å². The number of carbonyl (C=O) groups is 4. The zero-order valence-corrected chi connectivity index (χ0v) is 63.7. The molecule has 17 nitrogen and oxygen atoms in total. The zero-order valence-electron chi connectivity index (χ0n) is 62.0. The molecular formula is C79H140O17P2. The molecule has 5 unspecified atom stereocenters. The van der Waals surface area contributed by atoms with Crippen LogP contribution in [0.5, 0.6) is 0 Å². The number of unbranched alkanes of at least 4 members (excludes halogenated alkanes) is 33. The van der Waals surface area contributed by atoms with Crippen molar-refractivity contribution in [1.82, 2.24) is 0 Å². The minimum Gasteiger partial charge on any atom is -0.462 e. The van der Waals surface area contributed by atoms with E-state index in [0.29, 0.717) is 25.7 Å². The van der Waals surface area contributed by atoms with Crippen LogP contribution >= 0.6 is 15.6 Å². The van der Waals surface area contributed by atoms with Crippen molar-refractivity contribution < 1.29 is 80.2 Å². The smallest absolute Gasteiger partial charge is 0.462 e. The first-order valence-corrected chi connectivity index (χ1v) is 41.8. The minimum atomic E-state index is -4.98. The van der Waals surface area contributed by atoms with Gasteiger partial charge in [-0.25, -0.2) is 9.13 Å². The first kappa shape index (κ1) is 94.2. The molecule has 98 heavy (non-hydrogen) atoms. The van der Waals surface area contributed by atoms with Gasteiger partial charge < -0.3 is 33.8 Å². The monoisotopic (exact) mass is 1420 g/mol. The van der Waals surface area contributed by atoms with Gasteiger partial charge in [0.1, 0.15) is 19.3 Å². The predicted molar refractivity (Wildman–Crippen MR) is 399 cm³/mol. The summed E-state index contributed by atoms with van der Waals surface area (Å²) in [6.07, 6.45) is 72.8. The molecule has 0 aliphatic carbocycles. The number of phosphoric acid groups is 2. The van der Waals surface area contributed by atoms with Crippen LogP contribution in [0, 0.1) is 0 Å². The minimum absolute atomic E-state index is 0.0815. The summed E-state index contributed by atoms with van der Waals surface area (Å²) in [4.78, 5) is 72.8. The highest BCUT2D eigenvalue weighted by atomic mass is 31.2. The molecule has 0 aromatic heterocycles. The van der Waals surface area contributed by atoms with E-state index in [9.17, 15) is 43.2 Å². The highest BCUT2D eigenvalue weighted by molar-refractivity contribution is 7.47. The summed E-state index contributed by atoms with van der Waals surface area (Å²) in [5.41, 5.74) is 0. The molecule has 0 aromatic carbocycles. The predicted octanol–water partition coefficient (Wildman–Crippen LogP) is 22.2. The molecule has 0 aliphatic heterocycles. The number of ether oxygens (including phenoxy) is 4. The zero-order chi connectivity index (χ0) is 71.8. The summed E-state index contributed by atoms with van der Waals surface area (Å²) in [5.74, 6) is -2.18. The quantitative estimate of drug-likeness (QED) is 0.0169. The highest BCUT2D eigenvalue weighted by Crippen LogP contribution is 2.45. The highest BCUT2D eigenvalue weighted by Gasteiger charge is 2.30. The maximum Gasteiger partial charge on any atom is 0.472 e. The number of aliphatic hydroxyl groups excluding tert-OH is 1.